The smallest absolute Gasteiger partial charge is 0.243 e. The van der Waals surface area contributed by atoms with Gasteiger partial charge in [0.05, 0.1) is 4.90 Å². The Morgan fingerprint density at radius 2 is 1.71 bits per heavy atom. The molecule has 3 rings (SSSR count). The summed E-state index contributed by atoms with van der Waals surface area (Å²) in [4.78, 5) is 12.7. The van der Waals surface area contributed by atoms with E-state index in [1.807, 2.05) is 12.1 Å². The maximum absolute atomic E-state index is 12.7. The van der Waals surface area contributed by atoms with E-state index < -0.39 is 10.0 Å². The molecular weight excluding hydrogens is 372 g/mol. The second kappa shape index (κ2) is 9.40. The van der Waals surface area contributed by atoms with Crippen LogP contribution in [0.3, 0.4) is 0 Å². The lowest BCUT2D eigenvalue weighted by atomic mass is 9.78. The molecule has 3 atom stereocenters. The molecule has 1 N–H and O–H groups in total. The van der Waals surface area contributed by atoms with E-state index in [1.54, 1.807) is 16.4 Å². The van der Waals surface area contributed by atoms with Crippen LogP contribution >= 0.6 is 0 Å². The molecule has 5 nitrogen and oxygen atoms in total. The molecule has 1 aromatic carbocycles. The summed E-state index contributed by atoms with van der Waals surface area (Å²) in [6.07, 6.45) is 7.55. The summed E-state index contributed by atoms with van der Waals surface area (Å²) in [5.41, 5.74) is 0.998. The molecule has 1 aliphatic heterocycles. The number of piperidine rings is 1. The highest BCUT2D eigenvalue weighted by Crippen LogP contribution is 2.29. The molecule has 1 aliphatic carbocycles. The van der Waals surface area contributed by atoms with Gasteiger partial charge in [0.15, 0.2) is 0 Å². The molecule has 0 spiro atoms. The zero-order valence-corrected chi connectivity index (χ0v) is 18.0. The average molecular weight is 407 g/mol. The molecule has 28 heavy (non-hydrogen) atoms. The van der Waals surface area contributed by atoms with E-state index in [4.69, 9.17) is 0 Å². The van der Waals surface area contributed by atoms with E-state index in [0.717, 1.165) is 31.2 Å². The van der Waals surface area contributed by atoms with Crippen LogP contribution in [-0.2, 0) is 21.2 Å². The number of carbonyl (C=O) groups is 1. The molecule has 3 unspecified atom stereocenters. The topological polar surface area (TPSA) is 66.5 Å². The van der Waals surface area contributed by atoms with Gasteiger partial charge >= 0.3 is 0 Å². The molecule has 2 aliphatic rings. The first kappa shape index (κ1) is 21.3. The van der Waals surface area contributed by atoms with Crippen molar-refractivity contribution in [1.82, 2.24) is 9.62 Å². The van der Waals surface area contributed by atoms with E-state index in [0.29, 0.717) is 42.7 Å². The normalized spacial score (nSPS) is 26.7. The van der Waals surface area contributed by atoms with E-state index in [9.17, 15) is 13.2 Å². The largest absolute Gasteiger partial charge is 0.353 e. The van der Waals surface area contributed by atoms with Crippen LogP contribution in [-0.4, -0.2) is 37.8 Å². The Hall–Kier alpha value is -1.40. The first-order valence-corrected chi connectivity index (χ1v) is 12.2. The highest BCUT2D eigenvalue weighted by molar-refractivity contribution is 7.89. The first-order valence-electron chi connectivity index (χ1n) is 10.8. The molecule has 1 amide bonds. The molecule has 0 aromatic heterocycles. The summed E-state index contributed by atoms with van der Waals surface area (Å²) >= 11 is 0. The van der Waals surface area contributed by atoms with Crippen molar-refractivity contribution in [3.63, 3.8) is 0 Å². The zero-order chi connectivity index (χ0) is 20.1. The summed E-state index contributed by atoms with van der Waals surface area (Å²) in [6, 6.07) is 7.34. The highest BCUT2D eigenvalue weighted by atomic mass is 32.2. The van der Waals surface area contributed by atoms with E-state index in [2.05, 4.69) is 19.2 Å². The third kappa shape index (κ3) is 5.15. The predicted molar refractivity (Wildman–Crippen MR) is 111 cm³/mol. The number of hydrogen-bond donors (Lipinski definition) is 1. The molecular formula is C22H34N2O3S. The quantitative estimate of drug-likeness (QED) is 0.783. The van der Waals surface area contributed by atoms with Gasteiger partial charge in [-0.2, -0.15) is 4.31 Å². The van der Waals surface area contributed by atoms with Crippen LogP contribution in [0.4, 0.5) is 0 Å². The molecule has 1 aromatic rings. The Bertz CT molecular complexity index is 754. The Kier molecular flexibility index (Phi) is 7.15. The summed E-state index contributed by atoms with van der Waals surface area (Å²) in [5, 5.41) is 3.21. The van der Waals surface area contributed by atoms with E-state index in [-0.39, 0.29) is 11.9 Å². The zero-order valence-electron chi connectivity index (χ0n) is 17.2. The van der Waals surface area contributed by atoms with E-state index in [1.165, 1.54) is 12.8 Å². The molecule has 0 radical (unpaired) electrons. The maximum Gasteiger partial charge on any atom is 0.243 e. The lowest BCUT2D eigenvalue weighted by Gasteiger charge is -2.34. The third-order valence-electron chi connectivity index (χ3n) is 6.57. The fourth-order valence-electron chi connectivity index (χ4n) is 4.40. The second-order valence-electron chi connectivity index (χ2n) is 8.55. The highest BCUT2D eigenvalue weighted by Gasteiger charge is 2.28. The van der Waals surface area contributed by atoms with Gasteiger partial charge in [0.2, 0.25) is 15.9 Å². The van der Waals surface area contributed by atoms with Crippen molar-refractivity contribution in [3.05, 3.63) is 29.8 Å². The Labute approximate surface area is 169 Å². The number of aryl methyl sites for hydroxylation is 1. The maximum atomic E-state index is 12.7. The van der Waals surface area contributed by atoms with Crippen LogP contribution in [0, 0.1) is 11.8 Å². The van der Waals surface area contributed by atoms with Crippen LogP contribution in [0.2, 0.25) is 0 Å². The van der Waals surface area contributed by atoms with Crippen molar-refractivity contribution < 1.29 is 13.2 Å². The Morgan fingerprint density at radius 1 is 1.04 bits per heavy atom. The first-order chi connectivity index (χ1) is 13.4. The number of amides is 1. The van der Waals surface area contributed by atoms with Gasteiger partial charge in [-0.05, 0) is 55.2 Å². The number of rotatable bonds is 6. The van der Waals surface area contributed by atoms with Gasteiger partial charge in [-0.25, -0.2) is 8.42 Å². The number of sulfonamides is 1. The van der Waals surface area contributed by atoms with Gasteiger partial charge in [0.25, 0.3) is 0 Å². The van der Waals surface area contributed by atoms with Gasteiger partial charge in [0.1, 0.15) is 0 Å². The summed E-state index contributed by atoms with van der Waals surface area (Å²) in [6.45, 7) is 5.73. The third-order valence-corrected chi connectivity index (χ3v) is 8.48. The Balaban J connectivity index is 1.52. The molecule has 156 valence electrons. The standard InChI is InChI=1S/C22H34N2O3S/c1-17-7-6-8-21(18(17)2)23-22(25)14-11-19-9-12-20(13-10-19)28(26,27)24-15-4-3-5-16-24/h9-10,12-13,17-18,21H,3-8,11,14-16H2,1-2H3,(H,23,25). The van der Waals surface area contributed by atoms with Crippen LogP contribution in [0.15, 0.2) is 29.2 Å². The Morgan fingerprint density at radius 3 is 2.39 bits per heavy atom. The molecule has 1 saturated heterocycles. The monoisotopic (exact) mass is 406 g/mol. The molecule has 1 saturated carbocycles. The van der Waals surface area contributed by atoms with Gasteiger partial charge < -0.3 is 5.32 Å². The van der Waals surface area contributed by atoms with Crippen LogP contribution in [0.5, 0.6) is 0 Å². The fraction of sp³-hybridized carbons (Fsp3) is 0.682. The van der Waals surface area contributed by atoms with Crippen molar-refractivity contribution >= 4 is 15.9 Å². The molecule has 0 bridgehead atoms. The van der Waals surface area contributed by atoms with Crippen molar-refractivity contribution in [2.24, 2.45) is 11.8 Å². The number of benzene rings is 1. The second-order valence-corrected chi connectivity index (χ2v) is 10.5. The lowest BCUT2D eigenvalue weighted by molar-refractivity contribution is -0.122. The van der Waals surface area contributed by atoms with Crippen molar-refractivity contribution in [2.75, 3.05) is 13.1 Å². The van der Waals surface area contributed by atoms with Gasteiger partial charge in [-0.15, -0.1) is 0 Å². The average Bonchev–Trinajstić information content (AvgIpc) is 2.71. The molecule has 1 heterocycles. The minimum atomic E-state index is -3.39. The van der Waals surface area contributed by atoms with Crippen molar-refractivity contribution in [2.45, 2.75) is 76.2 Å². The number of carbonyl (C=O) groups excluding carboxylic acids is 1. The van der Waals surface area contributed by atoms with Gasteiger partial charge in [-0.1, -0.05) is 45.2 Å². The summed E-state index contributed by atoms with van der Waals surface area (Å²) in [7, 11) is -3.39. The SMILES string of the molecule is CC1CCCC(NC(=O)CCc2ccc(S(=O)(=O)N3CCCCC3)cc2)C1C. The lowest BCUT2D eigenvalue weighted by Crippen LogP contribution is -2.43. The minimum Gasteiger partial charge on any atom is -0.353 e. The molecule has 2 fully saturated rings. The number of nitrogens with zero attached hydrogens (tertiary/aromatic N) is 1. The minimum absolute atomic E-state index is 0.0935. The van der Waals surface area contributed by atoms with Crippen LogP contribution < -0.4 is 5.32 Å². The number of hydrogen-bond acceptors (Lipinski definition) is 3. The fourth-order valence-corrected chi connectivity index (χ4v) is 5.92. The summed E-state index contributed by atoms with van der Waals surface area (Å²) < 4.78 is 27.0. The van der Waals surface area contributed by atoms with E-state index >= 15 is 0 Å². The van der Waals surface area contributed by atoms with Gasteiger partial charge in [-0.3, -0.25) is 4.79 Å². The van der Waals surface area contributed by atoms with Crippen LogP contribution in [0.25, 0.3) is 0 Å². The molecule has 6 heteroatoms. The van der Waals surface area contributed by atoms with Crippen LogP contribution in [0.1, 0.15) is 64.4 Å². The summed E-state index contributed by atoms with van der Waals surface area (Å²) in [5.74, 6) is 1.28. The van der Waals surface area contributed by atoms with Crippen molar-refractivity contribution in [1.29, 1.82) is 0 Å². The number of nitrogens with one attached hydrogen (secondary N) is 1. The predicted octanol–water partition coefficient (Wildman–Crippen LogP) is 3.73. The van der Waals surface area contributed by atoms with Crippen molar-refractivity contribution in [3.8, 4) is 0 Å². The van der Waals surface area contributed by atoms with Gasteiger partial charge in [0, 0.05) is 25.6 Å².